The maximum Gasteiger partial charge on any atom is 0.405 e. The van der Waals surface area contributed by atoms with Gasteiger partial charge in [0.15, 0.2) is 0 Å². The van der Waals surface area contributed by atoms with Gasteiger partial charge >= 0.3 is 6.18 Å². The normalized spacial score (nSPS) is 11.6. The van der Waals surface area contributed by atoms with Gasteiger partial charge in [-0.3, -0.25) is 0 Å². The van der Waals surface area contributed by atoms with Crippen LogP contribution < -0.4 is 10.6 Å². The number of alkyl halides is 3. The molecule has 0 bridgehead atoms. The van der Waals surface area contributed by atoms with Crippen molar-refractivity contribution in [2.24, 2.45) is 0 Å². The van der Waals surface area contributed by atoms with E-state index in [-0.39, 0.29) is 5.02 Å². The predicted molar refractivity (Wildman–Crippen MR) is 59.9 cm³/mol. The van der Waals surface area contributed by atoms with E-state index < -0.39 is 12.7 Å². The van der Waals surface area contributed by atoms with Gasteiger partial charge in [0.05, 0.1) is 10.7 Å². The summed E-state index contributed by atoms with van der Waals surface area (Å²) in [7, 11) is 1.36. The van der Waals surface area contributed by atoms with Crippen molar-refractivity contribution in [2.75, 3.05) is 24.2 Å². The van der Waals surface area contributed by atoms with Crippen LogP contribution in [0.4, 0.5) is 24.5 Å². The standard InChI is InChI=1S/C10H12ClF3N2/c1-6-3-8(15)7(11)4-9(6)16(2)5-10(12,13)14/h3-4H,5,15H2,1-2H3. The molecular weight excluding hydrogens is 241 g/mol. The maximum atomic E-state index is 12.2. The molecule has 0 amide bonds. The fourth-order valence-corrected chi connectivity index (χ4v) is 1.62. The molecule has 0 radical (unpaired) electrons. The fraction of sp³-hybridized carbons (Fsp3) is 0.400. The largest absolute Gasteiger partial charge is 0.405 e. The van der Waals surface area contributed by atoms with Gasteiger partial charge in [0.2, 0.25) is 0 Å². The highest BCUT2D eigenvalue weighted by Crippen LogP contribution is 2.30. The zero-order chi connectivity index (χ0) is 12.5. The van der Waals surface area contributed by atoms with Crippen molar-refractivity contribution in [3.05, 3.63) is 22.7 Å². The zero-order valence-corrected chi connectivity index (χ0v) is 9.65. The number of nitrogens with zero attached hydrogens (tertiary/aromatic N) is 1. The van der Waals surface area contributed by atoms with Crippen LogP contribution in [0.15, 0.2) is 12.1 Å². The lowest BCUT2D eigenvalue weighted by Crippen LogP contribution is -2.31. The van der Waals surface area contributed by atoms with Crippen molar-refractivity contribution in [1.82, 2.24) is 0 Å². The molecule has 2 nitrogen and oxygen atoms in total. The van der Waals surface area contributed by atoms with Crippen LogP contribution in [0.2, 0.25) is 5.02 Å². The maximum absolute atomic E-state index is 12.2. The van der Waals surface area contributed by atoms with E-state index in [2.05, 4.69) is 0 Å². The number of aryl methyl sites for hydroxylation is 1. The summed E-state index contributed by atoms with van der Waals surface area (Å²) in [4.78, 5) is 1.10. The smallest absolute Gasteiger partial charge is 0.398 e. The summed E-state index contributed by atoms with van der Waals surface area (Å²) in [6.07, 6.45) is -4.24. The highest BCUT2D eigenvalue weighted by molar-refractivity contribution is 6.33. The Bertz CT molecular complexity index is 390. The van der Waals surface area contributed by atoms with Gasteiger partial charge < -0.3 is 10.6 Å². The third-order valence-corrected chi connectivity index (χ3v) is 2.47. The number of halogens is 4. The number of nitrogen functional groups attached to an aromatic ring is 1. The number of anilines is 2. The molecule has 0 spiro atoms. The summed E-state index contributed by atoms with van der Waals surface area (Å²) < 4.78 is 36.6. The molecule has 0 heterocycles. The van der Waals surface area contributed by atoms with Crippen molar-refractivity contribution in [1.29, 1.82) is 0 Å². The predicted octanol–water partition coefficient (Wildman–Crippen LogP) is 3.23. The Hall–Kier alpha value is -1.10. The topological polar surface area (TPSA) is 29.3 Å². The van der Waals surface area contributed by atoms with Crippen LogP contribution in [0, 0.1) is 6.92 Å². The highest BCUT2D eigenvalue weighted by Gasteiger charge is 2.29. The lowest BCUT2D eigenvalue weighted by atomic mass is 10.1. The summed E-state index contributed by atoms with van der Waals surface area (Å²) in [6, 6.07) is 3.00. The molecule has 1 aromatic rings. The number of hydrogen-bond acceptors (Lipinski definition) is 2. The van der Waals surface area contributed by atoms with Crippen molar-refractivity contribution < 1.29 is 13.2 Å². The van der Waals surface area contributed by atoms with E-state index in [0.29, 0.717) is 16.9 Å². The summed E-state index contributed by atoms with van der Waals surface area (Å²) >= 11 is 5.77. The molecule has 0 fully saturated rings. The first-order chi connectivity index (χ1) is 7.20. The summed E-state index contributed by atoms with van der Waals surface area (Å²) in [6.45, 7) is 0.670. The molecule has 0 aliphatic carbocycles. The summed E-state index contributed by atoms with van der Waals surface area (Å²) in [5.74, 6) is 0. The molecule has 16 heavy (non-hydrogen) atoms. The van der Waals surface area contributed by atoms with Crippen LogP contribution in [0.5, 0.6) is 0 Å². The summed E-state index contributed by atoms with van der Waals surface area (Å²) in [5, 5.41) is 0.259. The molecule has 0 aromatic heterocycles. The molecule has 0 atom stereocenters. The molecule has 0 unspecified atom stereocenters. The van der Waals surface area contributed by atoms with E-state index in [9.17, 15) is 13.2 Å². The first kappa shape index (κ1) is 13.0. The Morgan fingerprint density at radius 3 is 2.44 bits per heavy atom. The van der Waals surface area contributed by atoms with Gasteiger partial charge in [0, 0.05) is 12.7 Å². The van der Waals surface area contributed by atoms with Gasteiger partial charge in [0.25, 0.3) is 0 Å². The van der Waals surface area contributed by atoms with Crippen molar-refractivity contribution in [2.45, 2.75) is 13.1 Å². The average molecular weight is 253 g/mol. The van der Waals surface area contributed by atoms with E-state index in [1.54, 1.807) is 13.0 Å². The number of rotatable bonds is 2. The SMILES string of the molecule is Cc1cc(N)c(Cl)cc1N(C)CC(F)(F)F. The van der Waals surface area contributed by atoms with Gasteiger partial charge in [-0.15, -0.1) is 0 Å². The zero-order valence-electron chi connectivity index (χ0n) is 8.90. The lowest BCUT2D eigenvalue weighted by molar-refractivity contribution is -0.119. The van der Waals surface area contributed by atoms with Gasteiger partial charge in [-0.1, -0.05) is 11.6 Å². The van der Waals surface area contributed by atoms with E-state index in [1.165, 1.54) is 13.1 Å². The summed E-state index contributed by atoms with van der Waals surface area (Å²) in [5.41, 5.74) is 7.00. The van der Waals surface area contributed by atoms with Crippen LogP contribution in [0.1, 0.15) is 5.56 Å². The molecule has 2 N–H and O–H groups in total. The fourth-order valence-electron chi connectivity index (χ4n) is 1.46. The third-order valence-electron chi connectivity index (χ3n) is 2.14. The molecule has 0 aliphatic rings. The minimum atomic E-state index is -4.24. The van der Waals surface area contributed by atoms with E-state index in [4.69, 9.17) is 17.3 Å². The lowest BCUT2D eigenvalue weighted by Gasteiger charge is -2.23. The second-order valence-electron chi connectivity index (χ2n) is 3.63. The van der Waals surface area contributed by atoms with Crippen LogP contribution in [-0.2, 0) is 0 Å². The van der Waals surface area contributed by atoms with Crippen LogP contribution >= 0.6 is 11.6 Å². The van der Waals surface area contributed by atoms with Gasteiger partial charge in [-0.05, 0) is 24.6 Å². The minimum Gasteiger partial charge on any atom is -0.398 e. The first-order valence-corrected chi connectivity index (χ1v) is 4.92. The molecule has 0 aliphatic heterocycles. The third kappa shape index (κ3) is 3.20. The number of hydrogen-bond donors (Lipinski definition) is 1. The number of nitrogens with two attached hydrogens (primary N) is 1. The second kappa shape index (κ2) is 4.41. The Morgan fingerprint density at radius 2 is 1.94 bits per heavy atom. The number of benzene rings is 1. The van der Waals surface area contributed by atoms with Gasteiger partial charge in [-0.25, -0.2) is 0 Å². The van der Waals surface area contributed by atoms with Crippen LogP contribution in [0.3, 0.4) is 0 Å². The van der Waals surface area contributed by atoms with Crippen LogP contribution in [-0.4, -0.2) is 19.8 Å². The average Bonchev–Trinajstić information content (AvgIpc) is 2.08. The quantitative estimate of drug-likeness (QED) is 0.819. The molecule has 0 saturated carbocycles. The van der Waals surface area contributed by atoms with Crippen LogP contribution in [0.25, 0.3) is 0 Å². The van der Waals surface area contributed by atoms with E-state index >= 15 is 0 Å². The Balaban J connectivity index is 3.00. The first-order valence-electron chi connectivity index (χ1n) is 4.54. The molecule has 1 rings (SSSR count). The van der Waals surface area contributed by atoms with Crippen molar-refractivity contribution in [3.63, 3.8) is 0 Å². The molecule has 1 aromatic carbocycles. The Kier molecular flexibility index (Phi) is 3.57. The molecule has 0 saturated heterocycles. The van der Waals surface area contributed by atoms with Gasteiger partial charge in [-0.2, -0.15) is 13.2 Å². The monoisotopic (exact) mass is 252 g/mol. The minimum absolute atomic E-state index is 0.259. The molecule has 90 valence electrons. The van der Waals surface area contributed by atoms with Crippen molar-refractivity contribution >= 4 is 23.0 Å². The Labute approximate surface area is 96.8 Å². The van der Waals surface area contributed by atoms with Gasteiger partial charge in [0.1, 0.15) is 6.54 Å². The molecular formula is C10H12ClF3N2. The van der Waals surface area contributed by atoms with E-state index in [1.807, 2.05) is 0 Å². The second-order valence-corrected chi connectivity index (χ2v) is 4.04. The Morgan fingerprint density at radius 1 is 1.38 bits per heavy atom. The highest BCUT2D eigenvalue weighted by atomic mass is 35.5. The molecule has 6 heteroatoms. The van der Waals surface area contributed by atoms with E-state index in [0.717, 1.165) is 4.90 Å². The van der Waals surface area contributed by atoms with Crippen molar-refractivity contribution in [3.8, 4) is 0 Å².